The lowest BCUT2D eigenvalue weighted by Gasteiger charge is -2.29. The molecular weight excluding hydrogens is 543 g/mol. The van der Waals surface area contributed by atoms with Crippen LogP contribution in [0.3, 0.4) is 0 Å². The largest absolute Gasteiger partial charge is 0.493 e. The zero-order valence-electron chi connectivity index (χ0n) is 23.0. The number of alkyl halides is 3. The predicted octanol–water partition coefficient (Wildman–Crippen LogP) is 6.55. The topological polar surface area (TPSA) is 71.1 Å². The second-order valence-corrected chi connectivity index (χ2v) is 10.6. The van der Waals surface area contributed by atoms with Crippen LogP contribution in [-0.4, -0.2) is 55.6 Å². The second kappa shape index (κ2) is 14.1. The molecule has 0 fully saturated rings. The number of nitrogens with zero attached hydrogens (tertiary/aromatic N) is 2. The molecule has 3 aromatic rings. The molecule has 2 aromatic carbocycles. The second-order valence-electron chi connectivity index (χ2n) is 9.62. The molecule has 11 heteroatoms. The first-order valence-electron chi connectivity index (χ1n) is 12.7. The first-order chi connectivity index (χ1) is 19.0. The molecule has 1 N–H and O–H groups in total. The fraction of sp³-hybridized carbons (Fsp3) is 0.379. The minimum atomic E-state index is -4.54. The van der Waals surface area contributed by atoms with E-state index in [1.165, 1.54) is 28.4 Å². The van der Waals surface area contributed by atoms with Gasteiger partial charge in [-0.25, -0.2) is 4.79 Å². The van der Waals surface area contributed by atoms with Gasteiger partial charge in [-0.2, -0.15) is 13.2 Å². The first-order valence-corrected chi connectivity index (χ1v) is 13.6. The van der Waals surface area contributed by atoms with Crippen LogP contribution in [0.1, 0.15) is 29.9 Å². The molecule has 0 aliphatic carbocycles. The van der Waals surface area contributed by atoms with Gasteiger partial charge in [-0.3, -0.25) is 4.79 Å². The van der Waals surface area contributed by atoms with Gasteiger partial charge in [0.25, 0.3) is 0 Å². The summed E-state index contributed by atoms with van der Waals surface area (Å²) in [7, 11) is 3.12. The first kappa shape index (κ1) is 30.8. The lowest BCUT2D eigenvalue weighted by Crippen LogP contribution is -2.46. The number of urea groups is 1. The van der Waals surface area contributed by atoms with Crippen molar-refractivity contribution in [3.05, 3.63) is 76.0 Å². The lowest BCUT2D eigenvalue weighted by atomic mass is 10.1. The third-order valence-electron chi connectivity index (χ3n) is 6.04. The maximum absolute atomic E-state index is 13.6. The molecule has 0 spiro atoms. The Morgan fingerprint density at radius 3 is 2.35 bits per heavy atom. The third-order valence-corrected chi connectivity index (χ3v) is 6.90. The monoisotopic (exact) mass is 577 g/mol. The summed E-state index contributed by atoms with van der Waals surface area (Å²) in [5.74, 6) is 0.950. The number of carbonyl (C=O) groups is 2. The summed E-state index contributed by atoms with van der Waals surface area (Å²) < 4.78 is 50.1. The maximum Gasteiger partial charge on any atom is 0.416 e. The smallest absolute Gasteiger partial charge is 0.416 e. The number of nitrogens with one attached hydrogen (secondary N) is 1. The van der Waals surface area contributed by atoms with Gasteiger partial charge < -0.3 is 24.6 Å². The Morgan fingerprint density at radius 2 is 1.73 bits per heavy atom. The Hall–Kier alpha value is -3.73. The van der Waals surface area contributed by atoms with Crippen molar-refractivity contribution in [2.45, 2.75) is 33.0 Å². The fourth-order valence-corrected chi connectivity index (χ4v) is 4.80. The number of thiophene rings is 1. The van der Waals surface area contributed by atoms with E-state index in [9.17, 15) is 22.8 Å². The summed E-state index contributed by atoms with van der Waals surface area (Å²) in [6.45, 7) is 4.58. The van der Waals surface area contributed by atoms with Gasteiger partial charge in [0.2, 0.25) is 5.91 Å². The van der Waals surface area contributed by atoms with Gasteiger partial charge in [0, 0.05) is 23.7 Å². The van der Waals surface area contributed by atoms with Crippen LogP contribution >= 0.6 is 11.3 Å². The maximum atomic E-state index is 13.6. The van der Waals surface area contributed by atoms with Gasteiger partial charge in [0.1, 0.15) is 6.54 Å². The highest BCUT2D eigenvalue weighted by Gasteiger charge is 2.31. The summed E-state index contributed by atoms with van der Waals surface area (Å²) in [5.41, 5.74) is 0.0851. The van der Waals surface area contributed by atoms with E-state index in [-0.39, 0.29) is 30.6 Å². The van der Waals surface area contributed by atoms with E-state index in [4.69, 9.17) is 9.47 Å². The number of hydrogen-bond acceptors (Lipinski definition) is 5. The van der Waals surface area contributed by atoms with Crippen molar-refractivity contribution in [2.24, 2.45) is 5.92 Å². The molecule has 1 aromatic heterocycles. The molecule has 0 saturated heterocycles. The molecule has 0 aliphatic heterocycles. The van der Waals surface area contributed by atoms with Crippen molar-refractivity contribution in [3.63, 3.8) is 0 Å². The molecule has 0 bridgehead atoms. The molecule has 40 heavy (non-hydrogen) atoms. The third kappa shape index (κ3) is 8.90. The van der Waals surface area contributed by atoms with Crippen molar-refractivity contribution in [2.75, 3.05) is 39.2 Å². The zero-order chi connectivity index (χ0) is 29.3. The molecule has 3 rings (SSSR count). The summed E-state index contributed by atoms with van der Waals surface area (Å²) in [4.78, 5) is 30.7. The highest BCUT2D eigenvalue weighted by molar-refractivity contribution is 7.09. The molecule has 0 saturated carbocycles. The zero-order valence-corrected chi connectivity index (χ0v) is 23.8. The molecule has 7 nitrogen and oxygen atoms in total. The van der Waals surface area contributed by atoms with E-state index in [1.807, 2.05) is 49.6 Å². The van der Waals surface area contributed by atoms with Crippen molar-refractivity contribution >= 4 is 29.0 Å². The Kier molecular flexibility index (Phi) is 10.8. The number of rotatable bonds is 12. The van der Waals surface area contributed by atoms with Gasteiger partial charge in [-0.05, 0) is 59.7 Å². The number of amides is 3. The molecule has 1 heterocycles. The van der Waals surface area contributed by atoms with Crippen LogP contribution in [0.25, 0.3) is 0 Å². The van der Waals surface area contributed by atoms with Crippen LogP contribution in [0.2, 0.25) is 0 Å². The Bertz CT molecular complexity index is 1270. The lowest BCUT2D eigenvalue weighted by molar-refractivity contribution is -0.137. The SMILES string of the molecule is COc1ccc(CCN(Cc2cccs2)C(=O)CN(CC(C)C)C(=O)Nc2cccc(C(F)(F)F)c2)cc1OC. The van der Waals surface area contributed by atoms with E-state index in [0.29, 0.717) is 31.0 Å². The number of anilines is 1. The van der Waals surface area contributed by atoms with Gasteiger partial charge in [-0.15, -0.1) is 11.3 Å². The summed E-state index contributed by atoms with van der Waals surface area (Å²) >= 11 is 1.53. The predicted molar refractivity (Wildman–Crippen MR) is 150 cm³/mol. The molecule has 0 radical (unpaired) electrons. The fourth-order valence-electron chi connectivity index (χ4n) is 4.08. The van der Waals surface area contributed by atoms with Crippen molar-refractivity contribution in [1.82, 2.24) is 9.80 Å². The Morgan fingerprint density at radius 1 is 0.975 bits per heavy atom. The molecule has 216 valence electrons. The van der Waals surface area contributed by atoms with Crippen LogP contribution in [0.15, 0.2) is 60.0 Å². The van der Waals surface area contributed by atoms with E-state index in [0.717, 1.165) is 22.6 Å². The average Bonchev–Trinajstić information content (AvgIpc) is 3.43. The van der Waals surface area contributed by atoms with Crippen molar-refractivity contribution in [1.29, 1.82) is 0 Å². The minimum absolute atomic E-state index is 0.00456. The quantitative estimate of drug-likeness (QED) is 0.265. The Balaban J connectivity index is 1.76. The van der Waals surface area contributed by atoms with Gasteiger partial charge in [0.15, 0.2) is 11.5 Å². The summed E-state index contributed by atoms with van der Waals surface area (Å²) in [5, 5.41) is 4.45. The number of methoxy groups -OCH3 is 2. The van der Waals surface area contributed by atoms with Gasteiger partial charge in [-0.1, -0.05) is 32.0 Å². The van der Waals surface area contributed by atoms with Crippen LogP contribution < -0.4 is 14.8 Å². The number of ether oxygens (including phenoxy) is 2. The van der Waals surface area contributed by atoms with E-state index >= 15 is 0 Å². The van der Waals surface area contributed by atoms with Crippen molar-refractivity contribution < 1.29 is 32.2 Å². The molecule has 0 aliphatic rings. The van der Waals surface area contributed by atoms with Gasteiger partial charge in [0.05, 0.1) is 26.3 Å². The van der Waals surface area contributed by atoms with E-state index in [1.54, 1.807) is 19.1 Å². The van der Waals surface area contributed by atoms with E-state index < -0.39 is 17.8 Å². The molecule has 0 atom stereocenters. The summed E-state index contributed by atoms with van der Waals surface area (Å²) in [6.07, 6.45) is -4.00. The number of halogens is 3. The Labute approximate surface area is 236 Å². The number of hydrogen-bond donors (Lipinski definition) is 1. The van der Waals surface area contributed by atoms with Crippen molar-refractivity contribution in [3.8, 4) is 11.5 Å². The van der Waals surface area contributed by atoms with Crippen LogP contribution in [-0.2, 0) is 23.9 Å². The average molecular weight is 578 g/mol. The van der Waals surface area contributed by atoms with Crippen LogP contribution in [0.5, 0.6) is 11.5 Å². The number of benzene rings is 2. The number of carbonyl (C=O) groups excluding carboxylic acids is 2. The molecular formula is C29H34F3N3O4S. The summed E-state index contributed by atoms with van der Waals surface area (Å²) in [6, 6.07) is 13.2. The van der Waals surface area contributed by atoms with E-state index in [2.05, 4.69) is 5.32 Å². The standard InChI is InChI=1S/C29H34F3N3O4S/c1-20(2)17-35(28(37)33-23-8-5-7-22(16-23)29(30,31)32)19-27(36)34(18-24-9-6-14-40-24)13-12-21-10-11-25(38-3)26(15-21)39-4/h5-11,14-16,20H,12-13,17-19H2,1-4H3,(H,33,37). The molecule has 0 unspecified atom stereocenters. The van der Waals surface area contributed by atoms with Crippen LogP contribution in [0, 0.1) is 5.92 Å². The highest BCUT2D eigenvalue weighted by atomic mass is 32.1. The minimum Gasteiger partial charge on any atom is -0.493 e. The highest BCUT2D eigenvalue weighted by Crippen LogP contribution is 2.31. The van der Waals surface area contributed by atoms with Crippen LogP contribution in [0.4, 0.5) is 23.7 Å². The van der Waals surface area contributed by atoms with Gasteiger partial charge >= 0.3 is 12.2 Å². The normalized spacial score (nSPS) is 11.3. The molecule has 3 amide bonds.